The molecule has 2 heterocycles. The van der Waals surface area contributed by atoms with Crippen LogP contribution < -0.4 is 35.6 Å². The number of aryl methyl sites for hydroxylation is 1. The number of ether oxygens (including phenoxy) is 3. The number of amides is 2. The third-order valence-electron chi connectivity index (χ3n) is 9.40. The maximum atomic E-state index is 14.2. The molecule has 4 atom stereocenters. The molecule has 0 bridgehead atoms. The number of aromatic nitrogens is 3. The predicted molar refractivity (Wildman–Crippen MR) is 193 cm³/mol. The molecule has 4 aromatic rings. The van der Waals surface area contributed by atoms with Gasteiger partial charge in [0.2, 0.25) is 23.0 Å². The van der Waals surface area contributed by atoms with Gasteiger partial charge in [-0.1, -0.05) is 46.2 Å². The van der Waals surface area contributed by atoms with Gasteiger partial charge in [0, 0.05) is 18.7 Å². The van der Waals surface area contributed by atoms with Gasteiger partial charge in [0.1, 0.15) is 6.04 Å². The minimum Gasteiger partial charge on any atom is -0.493 e. The van der Waals surface area contributed by atoms with Crippen molar-refractivity contribution in [2.24, 2.45) is 11.8 Å². The Morgan fingerprint density at radius 2 is 1.76 bits per heavy atom. The van der Waals surface area contributed by atoms with Crippen molar-refractivity contribution in [1.29, 1.82) is 0 Å². The maximum Gasteiger partial charge on any atom is 0.243 e. The Hall–Kier alpha value is -5.13. The van der Waals surface area contributed by atoms with Crippen LogP contribution in [0.15, 0.2) is 53.5 Å². The molecule has 1 aliphatic rings. The third-order valence-corrected chi connectivity index (χ3v) is 9.40. The van der Waals surface area contributed by atoms with E-state index in [0.717, 1.165) is 11.1 Å². The third kappa shape index (κ3) is 7.39. The number of hydrogen-bond acceptors (Lipinski definition) is 9. The number of methoxy groups -OCH3 is 3. The number of benzene rings is 1. The van der Waals surface area contributed by atoms with Crippen LogP contribution in [0.2, 0.25) is 0 Å². The largest absolute Gasteiger partial charge is 0.493 e. The molecular formula is C38H48N6O6. The van der Waals surface area contributed by atoms with Gasteiger partial charge in [0.15, 0.2) is 23.0 Å². The zero-order valence-corrected chi connectivity index (χ0v) is 30.1. The SMILES string of the molecule is CC[C@H](C)[C@@H](Nc1ccc2c(cc1=O)[C@H](NC(C)=O)CCc1cc(OC)c(OC)c(OC)c1-2)C(=O)N[C@H](CC(C)C)c1nnc2ccccn12. The van der Waals surface area contributed by atoms with Gasteiger partial charge in [-0.15, -0.1) is 10.2 Å². The number of pyridine rings is 1. The lowest BCUT2D eigenvalue weighted by molar-refractivity contribution is -0.124. The quantitative estimate of drug-likeness (QED) is 0.163. The van der Waals surface area contributed by atoms with Gasteiger partial charge in [-0.3, -0.25) is 18.8 Å². The molecule has 3 N–H and O–H groups in total. The Labute approximate surface area is 292 Å². The number of fused-ring (bicyclic) bond motifs is 4. The summed E-state index contributed by atoms with van der Waals surface area (Å²) < 4.78 is 19.2. The monoisotopic (exact) mass is 684 g/mol. The van der Waals surface area contributed by atoms with E-state index in [1.165, 1.54) is 6.92 Å². The molecule has 0 aliphatic heterocycles. The molecule has 0 spiro atoms. The molecule has 0 unspecified atom stereocenters. The van der Waals surface area contributed by atoms with E-state index in [0.29, 0.717) is 65.5 Å². The smallest absolute Gasteiger partial charge is 0.243 e. The fourth-order valence-corrected chi connectivity index (χ4v) is 6.76. The lowest BCUT2D eigenvalue weighted by atomic mass is 9.95. The molecular weight excluding hydrogens is 636 g/mol. The lowest BCUT2D eigenvalue weighted by Crippen LogP contribution is -2.46. The maximum absolute atomic E-state index is 14.2. The van der Waals surface area contributed by atoms with Crippen LogP contribution in [0.1, 0.15) is 82.9 Å². The van der Waals surface area contributed by atoms with E-state index in [9.17, 15) is 14.4 Å². The second kappa shape index (κ2) is 15.6. The minimum absolute atomic E-state index is 0.128. The average molecular weight is 685 g/mol. The van der Waals surface area contributed by atoms with Crippen molar-refractivity contribution >= 4 is 23.1 Å². The van der Waals surface area contributed by atoms with Crippen molar-refractivity contribution < 1.29 is 23.8 Å². The topological polar surface area (TPSA) is 145 Å². The highest BCUT2D eigenvalue weighted by Crippen LogP contribution is 2.50. The number of carbonyl (C=O) groups excluding carboxylic acids is 2. The van der Waals surface area contributed by atoms with Crippen LogP contribution in [0.5, 0.6) is 17.2 Å². The van der Waals surface area contributed by atoms with Gasteiger partial charge >= 0.3 is 0 Å². The van der Waals surface area contributed by atoms with Crippen molar-refractivity contribution in [3.63, 3.8) is 0 Å². The highest BCUT2D eigenvalue weighted by molar-refractivity contribution is 5.86. The summed E-state index contributed by atoms with van der Waals surface area (Å²) in [5.74, 6) is 1.74. The Balaban J connectivity index is 1.59. The Kier molecular flexibility index (Phi) is 11.3. The summed E-state index contributed by atoms with van der Waals surface area (Å²) in [6.45, 7) is 9.65. The average Bonchev–Trinajstić information content (AvgIpc) is 3.39. The van der Waals surface area contributed by atoms with Crippen molar-refractivity contribution in [2.45, 2.75) is 78.4 Å². The second-order valence-electron chi connectivity index (χ2n) is 13.3. The van der Waals surface area contributed by atoms with Crippen molar-refractivity contribution in [3.05, 3.63) is 75.8 Å². The highest BCUT2D eigenvalue weighted by atomic mass is 16.5. The van der Waals surface area contributed by atoms with Crippen LogP contribution in [0.4, 0.5) is 5.69 Å². The first-order valence-electron chi connectivity index (χ1n) is 17.1. The number of carbonyl (C=O) groups is 2. The number of anilines is 1. The van der Waals surface area contributed by atoms with E-state index < -0.39 is 18.1 Å². The number of hydrogen-bond donors (Lipinski definition) is 3. The van der Waals surface area contributed by atoms with Crippen LogP contribution in [-0.2, 0) is 16.0 Å². The number of nitrogens with zero attached hydrogens (tertiary/aromatic N) is 3. The predicted octanol–water partition coefficient (Wildman–Crippen LogP) is 5.64. The molecule has 5 rings (SSSR count). The number of rotatable bonds is 13. The fraction of sp³-hybridized carbons (Fsp3) is 0.447. The van der Waals surface area contributed by atoms with E-state index in [2.05, 4.69) is 40.0 Å². The first kappa shape index (κ1) is 36.2. The molecule has 2 aromatic heterocycles. The fourth-order valence-electron chi connectivity index (χ4n) is 6.76. The first-order valence-corrected chi connectivity index (χ1v) is 17.1. The lowest BCUT2D eigenvalue weighted by Gasteiger charge is -2.27. The van der Waals surface area contributed by atoms with Crippen LogP contribution in [0.3, 0.4) is 0 Å². The molecule has 0 saturated heterocycles. The van der Waals surface area contributed by atoms with Crippen LogP contribution in [-0.4, -0.2) is 53.8 Å². The van der Waals surface area contributed by atoms with E-state index >= 15 is 0 Å². The molecule has 50 heavy (non-hydrogen) atoms. The van der Waals surface area contributed by atoms with Gasteiger partial charge in [0.25, 0.3) is 0 Å². The van der Waals surface area contributed by atoms with Gasteiger partial charge in [-0.25, -0.2) is 0 Å². The minimum atomic E-state index is -0.735. The summed E-state index contributed by atoms with van der Waals surface area (Å²) in [4.78, 5) is 40.7. The molecule has 0 fully saturated rings. The Morgan fingerprint density at radius 1 is 1.00 bits per heavy atom. The van der Waals surface area contributed by atoms with Crippen LogP contribution in [0.25, 0.3) is 16.8 Å². The molecule has 266 valence electrons. The van der Waals surface area contributed by atoms with Gasteiger partial charge < -0.3 is 30.2 Å². The second-order valence-corrected chi connectivity index (χ2v) is 13.3. The van der Waals surface area contributed by atoms with Crippen molar-refractivity contribution in [2.75, 3.05) is 26.6 Å². The van der Waals surface area contributed by atoms with E-state index in [-0.39, 0.29) is 34.8 Å². The molecule has 1 aliphatic carbocycles. The highest BCUT2D eigenvalue weighted by Gasteiger charge is 2.32. The summed E-state index contributed by atoms with van der Waals surface area (Å²) >= 11 is 0. The molecule has 0 saturated carbocycles. The summed E-state index contributed by atoms with van der Waals surface area (Å²) in [5.41, 5.74) is 3.67. The standard InChI is InChI=1S/C38H48N6O6/c1-9-22(4)34(38(47)41-29(18-21(2)3)37-43-42-32-12-10-11-17-44(32)37)40-28-16-14-25-26(20-30(28)46)27(39-23(5)45)15-13-24-19-31(48-6)35(49-7)36(50-8)33(24)25/h10-12,14,16-17,19-22,27,29,34H,9,13,15,18H2,1-8H3,(H,39,45)(H,40,46)(H,41,47)/t22-,27+,29+,34+/m0/s1. The molecule has 0 radical (unpaired) electrons. The van der Waals surface area contributed by atoms with Gasteiger partial charge in [-0.2, -0.15) is 0 Å². The van der Waals surface area contributed by atoms with Crippen LogP contribution in [0, 0.1) is 11.8 Å². The molecule has 12 heteroatoms. The van der Waals surface area contributed by atoms with E-state index in [1.807, 2.05) is 54.8 Å². The van der Waals surface area contributed by atoms with Gasteiger partial charge in [0.05, 0.1) is 39.1 Å². The van der Waals surface area contributed by atoms with Crippen LogP contribution >= 0.6 is 0 Å². The molecule has 2 amide bonds. The van der Waals surface area contributed by atoms with Crippen molar-refractivity contribution in [3.8, 4) is 28.4 Å². The van der Waals surface area contributed by atoms with Crippen molar-refractivity contribution in [1.82, 2.24) is 25.2 Å². The molecule has 2 aromatic carbocycles. The Bertz CT molecular complexity index is 1920. The Morgan fingerprint density at radius 3 is 2.42 bits per heavy atom. The summed E-state index contributed by atoms with van der Waals surface area (Å²) in [5, 5.41) is 18.3. The number of nitrogens with one attached hydrogen (secondary N) is 3. The van der Waals surface area contributed by atoms with Gasteiger partial charge in [-0.05, 0) is 78.1 Å². The van der Waals surface area contributed by atoms with E-state index in [4.69, 9.17) is 14.2 Å². The molecule has 12 nitrogen and oxygen atoms in total. The first-order chi connectivity index (χ1) is 24.0. The zero-order valence-electron chi connectivity index (χ0n) is 30.1. The summed E-state index contributed by atoms with van der Waals surface area (Å²) in [6, 6.07) is 11.1. The summed E-state index contributed by atoms with van der Waals surface area (Å²) in [6.07, 6.45) is 4.35. The normalized spacial score (nSPS) is 15.6. The zero-order chi connectivity index (χ0) is 36.1. The summed E-state index contributed by atoms with van der Waals surface area (Å²) in [7, 11) is 4.68. The van der Waals surface area contributed by atoms with E-state index in [1.54, 1.807) is 33.5 Å².